The fourth-order valence-electron chi connectivity index (χ4n) is 3.96. The number of phenolic OH excluding ortho intramolecular Hbond substituents is 4. The van der Waals surface area contributed by atoms with Gasteiger partial charge in [-0.3, -0.25) is 0 Å². The SMILES string of the molecule is Oc1ccc(-c2nc(-c3ccc(N4CCCC4)cc3)nc(-c3ccc(O)cc3O)n2)c(O)c1. The molecule has 0 saturated carbocycles. The van der Waals surface area contributed by atoms with Crippen molar-refractivity contribution in [2.45, 2.75) is 12.8 Å². The van der Waals surface area contributed by atoms with Crippen LogP contribution in [0.25, 0.3) is 34.2 Å². The minimum atomic E-state index is -0.183. The summed E-state index contributed by atoms with van der Waals surface area (Å²) in [6.45, 7) is 2.08. The highest BCUT2D eigenvalue weighted by atomic mass is 16.3. The van der Waals surface area contributed by atoms with Crippen LogP contribution in [0.5, 0.6) is 23.0 Å². The van der Waals surface area contributed by atoms with Gasteiger partial charge in [0.1, 0.15) is 23.0 Å². The molecule has 0 bridgehead atoms. The molecule has 0 atom stereocenters. The monoisotopic (exact) mass is 442 g/mol. The minimum Gasteiger partial charge on any atom is -0.508 e. The average Bonchev–Trinajstić information content (AvgIpc) is 3.34. The van der Waals surface area contributed by atoms with Gasteiger partial charge in [-0.2, -0.15) is 0 Å². The topological polar surface area (TPSA) is 123 Å². The van der Waals surface area contributed by atoms with Crippen LogP contribution in [-0.4, -0.2) is 48.5 Å². The molecule has 0 radical (unpaired) electrons. The average molecular weight is 442 g/mol. The summed E-state index contributed by atoms with van der Waals surface area (Å²) in [5.41, 5.74) is 2.51. The van der Waals surface area contributed by atoms with E-state index in [0.717, 1.165) is 24.3 Å². The van der Waals surface area contributed by atoms with Crippen LogP contribution in [0.3, 0.4) is 0 Å². The lowest BCUT2D eigenvalue weighted by Gasteiger charge is -2.17. The number of anilines is 1. The van der Waals surface area contributed by atoms with E-state index >= 15 is 0 Å². The third-order valence-corrected chi connectivity index (χ3v) is 5.68. The highest BCUT2D eigenvalue weighted by molar-refractivity contribution is 5.73. The van der Waals surface area contributed by atoms with Gasteiger partial charge in [-0.15, -0.1) is 0 Å². The molecule has 1 aromatic heterocycles. The number of phenols is 4. The van der Waals surface area contributed by atoms with Crippen molar-refractivity contribution in [3.63, 3.8) is 0 Å². The lowest BCUT2D eigenvalue weighted by molar-refractivity contribution is 0.451. The van der Waals surface area contributed by atoms with Crippen molar-refractivity contribution >= 4 is 5.69 Å². The Balaban J connectivity index is 1.63. The number of benzene rings is 3. The molecule has 3 aromatic carbocycles. The van der Waals surface area contributed by atoms with Crippen LogP contribution in [0.4, 0.5) is 5.69 Å². The smallest absolute Gasteiger partial charge is 0.167 e. The predicted octanol–water partition coefficient (Wildman–Crippen LogP) is 4.30. The van der Waals surface area contributed by atoms with Gasteiger partial charge < -0.3 is 25.3 Å². The highest BCUT2D eigenvalue weighted by Gasteiger charge is 2.18. The van der Waals surface area contributed by atoms with Gasteiger partial charge in [0.05, 0.1) is 11.1 Å². The van der Waals surface area contributed by atoms with Crippen LogP contribution < -0.4 is 4.90 Å². The first-order chi connectivity index (χ1) is 16.0. The molecule has 1 fully saturated rings. The van der Waals surface area contributed by atoms with Gasteiger partial charge in [0.25, 0.3) is 0 Å². The molecule has 4 aromatic rings. The maximum absolute atomic E-state index is 10.4. The summed E-state index contributed by atoms with van der Waals surface area (Å²) in [6, 6.07) is 16.2. The van der Waals surface area contributed by atoms with Gasteiger partial charge in [-0.1, -0.05) is 0 Å². The second kappa shape index (κ2) is 8.31. The lowest BCUT2D eigenvalue weighted by atomic mass is 10.1. The number of hydrogen-bond donors (Lipinski definition) is 4. The van der Waals surface area contributed by atoms with Crippen molar-refractivity contribution < 1.29 is 20.4 Å². The van der Waals surface area contributed by atoms with Crippen molar-refractivity contribution in [1.82, 2.24) is 15.0 Å². The minimum absolute atomic E-state index is 0.0839. The Morgan fingerprint density at radius 2 is 1.06 bits per heavy atom. The molecule has 1 aliphatic rings. The second-order valence-electron chi connectivity index (χ2n) is 7.95. The molecule has 2 heterocycles. The third-order valence-electron chi connectivity index (χ3n) is 5.68. The molecular formula is C25H22N4O4. The van der Waals surface area contributed by atoms with Gasteiger partial charge in [-0.25, -0.2) is 15.0 Å². The number of aromatic nitrogens is 3. The summed E-state index contributed by atoms with van der Waals surface area (Å²) in [6.07, 6.45) is 2.38. The maximum atomic E-state index is 10.4. The van der Waals surface area contributed by atoms with E-state index in [1.54, 1.807) is 0 Å². The first kappa shape index (κ1) is 20.6. The molecule has 166 valence electrons. The second-order valence-corrected chi connectivity index (χ2v) is 7.95. The zero-order valence-corrected chi connectivity index (χ0v) is 17.7. The largest absolute Gasteiger partial charge is 0.508 e. The van der Waals surface area contributed by atoms with Crippen LogP contribution in [0.2, 0.25) is 0 Å². The van der Waals surface area contributed by atoms with E-state index < -0.39 is 0 Å². The van der Waals surface area contributed by atoms with Gasteiger partial charge in [0.15, 0.2) is 17.5 Å². The summed E-state index contributed by atoms with van der Waals surface area (Å²) in [7, 11) is 0. The summed E-state index contributed by atoms with van der Waals surface area (Å²) in [4.78, 5) is 15.9. The van der Waals surface area contributed by atoms with Crippen LogP contribution >= 0.6 is 0 Å². The first-order valence-electron chi connectivity index (χ1n) is 10.6. The highest BCUT2D eigenvalue weighted by Crippen LogP contribution is 2.35. The van der Waals surface area contributed by atoms with Gasteiger partial charge in [0.2, 0.25) is 0 Å². The van der Waals surface area contributed by atoms with Crippen molar-refractivity contribution in [1.29, 1.82) is 0 Å². The van der Waals surface area contributed by atoms with Gasteiger partial charge >= 0.3 is 0 Å². The molecule has 4 N–H and O–H groups in total. The number of aromatic hydroxyl groups is 4. The maximum Gasteiger partial charge on any atom is 0.167 e. The van der Waals surface area contributed by atoms with Gasteiger partial charge in [0, 0.05) is 36.5 Å². The van der Waals surface area contributed by atoms with Crippen molar-refractivity contribution in [3.05, 3.63) is 60.7 Å². The van der Waals surface area contributed by atoms with Crippen molar-refractivity contribution in [2.24, 2.45) is 0 Å². The molecule has 0 unspecified atom stereocenters. The molecule has 1 aliphatic heterocycles. The standard InChI is InChI=1S/C25H22N4O4/c30-17-7-9-19(21(32)13-17)24-26-23(15-3-5-16(6-4-15)29-11-1-2-12-29)27-25(28-24)20-10-8-18(31)14-22(20)33/h3-10,13-14,30-33H,1-2,11-12H2. The van der Waals surface area contributed by atoms with Crippen molar-refractivity contribution in [3.8, 4) is 57.2 Å². The van der Waals surface area contributed by atoms with Crippen LogP contribution in [-0.2, 0) is 0 Å². The van der Waals surface area contributed by atoms with E-state index in [9.17, 15) is 20.4 Å². The zero-order chi connectivity index (χ0) is 22.9. The lowest BCUT2D eigenvalue weighted by Crippen LogP contribution is -2.17. The normalized spacial score (nSPS) is 13.4. The number of nitrogens with zero attached hydrogens (tertiary/aromatic N) is 4. The van der Waals surface area contributed by atoms with Gasteiger partial charge in [-0.05, 0) is 61.4 Å². The summed E-state index contributed by atoms with van der Waals surface area (Å²) in [5, 5.41) is 40.0. The zero-order valence-electron chi connectivity index (χ0n) is 17.7. The molecule has 1 saturated heterocycles. The number of hydrogen-bond acceptors (Lipinski definition) is 8. The Morgan fingerprint density at radius 3 is 1.55 bits per heavy atom. The van der Waals surface area contributed by atoms with E-state index in [2.05, 4.69) is 19.9 Å². The van der Waals surface area contributed by atoms with E-state index in [1.807, 2.05) is 24.3 Å². The fourth-order valence-corrected chi connectivity index (χ4v) is 3.96. The van der Waals surface area contributed by atoms with E-state index in [4.69, 9.17) is 0 Å². The predicted molar refractivity (Wildman–Crippen MR) is 124 cm³/mol. The van der Waals surface area contributed by atoms with Crippen LogP contribution in [0.1, 0.15) is 12.8 Å². The Kier molecular flexibility index (Phi) is 5.18. The molecule has 8 heteroatoms. The fraction of sp³-hybridized carbons (Fsp3) is 0.160. The van der Waals surface area contributed by atoms with E-state index in [-0.39, 0.29) is 34.6 Å². The van der Waals surface area contributed by atoms with Crippen molar-refractivity contribution in [2.75, 3.05) is 18.0 Å². The molecule has 5 rings (SSSR count). The Bertz CT molecular complexity index is 1250. The van der Waals surface area contributed by atoms with Crippen LogP contribution in [0.15, 0.2) is 60.7 Å². The summed E-state index contributed by atoms with van der Waals surface area (Å²) in [5.74, 6) is 0.198. The molecule has 8 nitrogen and oxygen atoms in total. The molecule has 33 heavy (non-hydrogen) atoms. The number of rotatable bonds is 4. The summed E-state index contributed by atoms with van der Waals surface area (Å²) < 4.78 is 0. The van der Waals surface area contributed by atoms with E-state index in [1.165, 1.54) is 49.2 Å². The third kappa shape index (κ3) is 4.10. The van der Waals surface area contributed by atoms with E-state index in [0.29, 0.717) is 17.0 Å². The molecule has 0 amide bonds. The molecular weight excluding hydrogens is 420 g/mol. The molecule has 0 aliphatic carbocycles. The summed E-state index contributed by atoms with van der Waals surface area (Å²) >= 11 is 0. The molecule has 0 spiro atoms. The first-order valence-corrected chi connectivity index (χ1v) is 10.6. The Morgan fingerprint density at radius 1 is 0.576 bits per heavy atom. The quantitative estimate of drug-likeness (QED) is 0.369. The Hall–Kier alpha value is -4.33. The Labute approximate surface area is 190 Å². The van der Waals surface area contributed by atoms with Crippen LogP contribution in [0, 0.1) is 0 Å².